The number of aliphatic carboxylic acids is 1. The summed E-state index contributed by atoms with van der Waals surface area (Å²) in [5.41, 5.74) is 0.0886. The van der Waals surface area contributed by atoms with E-state index in [2.05, 4.69) is 20.9 Å². The standard InChI is InChI=1S/C7H5BrFNO2/c8-6-2-5(9)4(3-10-6)1-7(11)12/h2-3H,1H2,(H,11,12). The summed E-state index contributed by atoms with van der Waals surface area (Å²) < 4.78 is 13.2. The van der Waals surface area contributed by atoms with Gasteiger partial charge in [0.1, 0.15) is 10.4 Å². The highest BCUT2D eigenvalue weighted by Gasteiger charge is 2.07. The van der Waals surface area contributed by atoms with Crippen LogP contribution in [0.3, 0.4) is 0 Å². The quantitative estimate of drug-likeness (QED) is 0.790. The fourth-order valence-electron chi connectivity index (χ4n) is 0.729. The van der Waals surface area contributed by atoms with Crippen molar-refractivity contribution in [3.63, 3.8) is 0 Å². The Kier molecular flexibility index (Phi) is 2.75. The number of carbonyl (C=O) groups is 1. The molecule has 1 aromatic heterocycles. The lowest BCUT2D eigenvalue weighted by Crippen LogP contribution is -2.03. The first kappa shape index (κ1) is 9.12. The molecular weight excluding hydrogens is 229 g/mol. The fourth-order valence-corrected chi connectivity index (χ4v) is 1.03. The molecule has 0 radical (unpaired) electrons. The van der Waals surface area contributed by atoms with E-state index in [0.717, 1.165) is 6.07 Å². The van der Waals surface area contributed by atoms with E-state index in [-0.39, 0.29) is 12.0 Å². The number of aromatic nitrogens is 1. The molecule has 0 saturated heterocycles. The molecule has 0 saturated carbocycles. The third-order valence-corrected chi connectivity index (χ3v) is 1.67. The largest absolute Gasteiger partial charge is 0.481 e. The molecule has 0 amide bonds. The Bertz CT molecular complexity index is 316. The fraction of sp³-hybridized carbons (Fsp3) is 0.143. The van der Waals surface area contributed by atoms with Crippen LogP contribution in [0, 0.1) is 5.82 Å². The van der Waals surface area contributed by atoms with E-state index in [0.29, 0.717) is 4.60 Å². The first-order chi connectivity index (χ1) is 5.59. The van der Waals surface area contributed by atoms with Crippen LogP contribution in [-0.2, 0) is 11.2 Å². The van der Waals surface area contributed by atoms with Gasteiger partial charge in [0, 0.05) is 17.8 Å². The average Bonchev–Trinajstić information content (AvgIpc) is 1.94. The van der Waals surface area contributed by atoms with E-state index in [1.165, 1.54) is 6.20 Å². The van der Waals surface area contributed by atoms with E-state index in [1.54, 1.807) is 0 Å². The summed E-state index contributed by atoms with van der Waals surface area (Å²) in [5.74, 6) is -1.63. The number of carboxylic acid groups (broad SMARTS) is 1. The Morgan fingerprint density at radius 1 is 1.75 bits per heavy atom. The molecule has 0 aliphatic rings. The lowest BCUT2D eigenvalue weighted by Gasteiger charge is -1.98. The zero-order valence-corrected chi connectivity index (χ0v) is 7.51. The predicted molar refractivity (Wildman–Crippen MR) is 43.2 cm³/mol. The smallest absolute Gasteiger partial charge is 0.307 e. The second-order valence-corrected chi connectivity index (χ2v) is 2.98. The molecule has 0 aliphatic heterocycles. The lowest BCUT2D eigenvalue weighted by atomic mass is 10.2. The SMILES string of the molecule is O=C(O)Cc1cnc(Br)cc1F. The highest BCUT2D eigenvalue weighted by atomic mass is 79.9. The molecule has 1 heterocycles. The van der Waals surface area contributed by atoms with Gasteiger partial charge >= 0.3 is 5.97 Å². The maximum absolute atomic E-state index is 12.9. The Morgan fingerprint density at radius 2 is 2.42 bits per heavy atom. The normalized spacial score (nSPS) is 9.83. The van der Waals surface area contributed by atoms with Crippen molar-refractivity contribution >= 4 is 21.9 Å². The van der Waals surface area contributed by atoms with Gasteiger partial charge in [-0.2, -0.15) is 0 Å². The number of halogens is 2. The van der Waals surface area contributed by atoms with Gasteiger partial charge in [0.2, 0.25) is 0 Å². The van der Waals surface area contributed by atoms with Gasteiger partial charge in [-0.05, 0) is 15.9 Å². The lowest BCUT2D eigenvalue weighted by molar-refractivity contribution is -0.136. The molecule has 1 N–H and O–H groups in total. The van der Waals surface area contributed by atoms with Crippen LogP contribution < -0.4 is 0 Å². The molecule has 0 aromatic carbocycles. The van der Waals surface area contributed by atoms with Crippen LogP contribution >= 0.6 is 15.9 Å². The van der Waals surface area contributed by atoms with Crippen LogP contribution in [0.15, 0.2) is 16.9 Å². The molecule has 3 nitrogen and oxygen atoms in total. The van der Waals surface area contributed by atoms with Crippen molar-refractivity contribution in [2.24, 2.45) is 0 Å². The minimum Gasteiger partial charge on any atom is -0.481 e. The summed E-state index contributed by atoms with van der Waals surface area (Å²) in [6.07, 6.45) is 0.861. The molecule has 0 aliphatic carbocycles. The third kappa shape index (κ3) is 2.27. The van der Waals surface area contributed by atoms with Gasteiger partial charge in [-0.15, -0.1) is 0 Å². The Hall–Kier alpha value is -0.970. The van der Waals surface area contributed by atoms with E-state index >= 15 is 0 Å². The van der Waals surface area contributed by atoms with Crippen molar-refractivity contribution in [3.05, 3.63) is 28.2 Å². The van der Waals surface area contributed by atoms with Crippen molar-refractivity contribution < 1.29 is 14.3 Å². The number of rotatable bonds is 2. The number of nitrogens with zero attached hydrogens (tertiary/aromatic N) is 1. The molecule has 0 bridgehead atoms. The van der Waals surface area contributed by atoms with Crippen molar-refractivity contribution in [1.82, 2.24) is 4.98 Å². The highest BCUT2D eigenvalue weighted by Crippen LogP contribution is 2.12. The zero-order valence-electron chi connectivity index (χ0n) is 5.92. The monoisotopic (exact) mass is 233 g/mol. The van der Waals surface area contributed by atoms with Gasteiger partial charge in [-0.1, -0.05) is 0 Å². The topological polar surface area (TPSA) is 50.2 Å². The summed E-state index contributed by atoms with van der Waals surface area (Å²) in [6, 6.07) is 1.14. The van der Waals surface area contributed by atoms with Gasteiger partial charge in [0.15, 0.2) is 0 Å². The van der Waals surface area contributed by atoms with Crippen LogP contribution in [0.2, 0.25) is 0 Å². The number of hydrogen-bond donors (Lipinski definition) is 1. The zero-order chi connectivity index (χ0) is 9.14. The Balaban J connectivity index is 2.93. The summed E-state index contributed by atoms with van der Waals surface area (Å²) >= 11 is 2.96. The molecule has 12 heavy (non-hydrogen) atoms. The molecule has 64 valence electrons. The summed E-state index contributed by atoms with van der Waals surface area (Å²) in [4.78, 5) is 13.9. The molecule has 0 atom stereocenters. The summed E-state index contributed by atoms with van der Waals surface area (Å²) in [5, 5.41) is 8.35. The average molecular weight is 234 g/mol. The van der Waals surface area contributed by atoms with Crippen LogP contribution in [0.25, 0.3) is 0 Å². The molecule has 5 heteroatoms. The molecular formula is C7H5BrFNO2. The molecule has 1 aromatic rings. The van der Waals surface area contributed by atoms with Crippen LogP contribution in [0.5, 0.6) is 0 Å². The second kappa shape index (κ2) is 3.62. The van der Waals surface area contributed by atoms with Crippen LogP contribution in [-0.4, -0.2) is 16.1 Å². The molecule has 1 rings (SSSR count). The summed E-state index contributed by atoms with van der Waals surface area (Å²) in [7, 11) is 0. The van der Waals surface area contributed by atoms with Crippen molar-refractivity contribution in [2.75, 3.05) is 0 Å². The van der Waals surface area contributed by atoms with E-state index in [4.69, 9.17) is 5.11 Å². The van der Waals surface area contributed by atoms with Gasteiger partial charge < -0.3 is 5.11 Å². The van der Waals surface area contributed by atoms with Gasteiger partial charge in [-0.25, -0.2) is 9.37 Å². The van der Waals surface area contributed by atoms with E-state index in [9.17, 15) is 9.18 Å². The third-order valence-electron chi connectivity index (χ3n) is 1.24. The first-order valence-electron chi connectivity index (χ1n) is 3.11. The van der Waals surface area contributed by atoms with Crippen molar-refractivity contribution in [3.8, 4) is 0 Å². The van der Waals surface area contributed by atoms with Crippen molar-refractivity contribution in [2.45, 2.75) is 6.42 Å². The molecule has 0 fully saturated rings. The maximum Gasteiger partial charge on any atom is 0.307 e. The Morgan fingerprint density at radius 3 is 2.92 bits per heavy atom. The van der Waals surface area contributed by atoms with Crippen molar-refractivity contribution in [1.29, 1.82) is 0 Å². The minimum atomic E-state index is -1.07. The van der Waals surface area contributed by atoms with Gasteiger partial charge in [0.25, 0.3) is 0 Å². The number of pyridine rings is 1. The number of hydrogen-bond acceptors (Lipinski definition) is 2. The maximum atomic E-state index is 12.9. The van der Waals surface area contributed by atoms with Crippen LogP contribution in [0.4, 0.5) is 4.39 Å². The second-order valence-electron chi connectivity index (χ2n) is 2.17. The van der Waals surface area contributed by atoms with E-state index < -0.39 is 11.8 Å². The van der Waals surface area contributed by atoms with Gasteiger partial charge in [-0.3, -0.25) is 4.79 Å². The predicted octanol–water partition coefficient (Wildman–Crippen LogP) is 1.61. The first-order valence-corrected chi connectivity index (χ1v) is 3.90. The molecule has 0 unspecified atom stereocenters. The Labute approximate surface area is 76.4 Å². The van der Waals surface area contributed by atoms with Gasteiger partial charge in [0.05, 0.1) is 6.42 Å². The number of carboxylic acids is 1. The van der Waals surface area contributed by atoms with E-state index in [1.807, 2.05) is 0 Å². The molecule has 0 spiro atoms. The minimum absolute atomic E-state index is 0.0886. The summed E-state index contributed by atoms with van der Waals surface area (Å²) in [6.45, 7) is 0. The highest BCUT2D eigenvalue weighted by molar-refractivity contribution is 9.10. The van der Waals surface area contributed by atoms with Crippen LogP contribution in [0.1, 0.15) is 5.56 Å².